The number of aromatic nitrogens is 4. The lowest BCUT2D eigenvalue weighted by atomic mass is 10.1. The van der Waals surface area contributed by atoms with Crippen LogP contribution in [0.2, 0.25) is 0 Å². The molecule has 6 nitrogen and oxygen atoms in total. The summed E-state index contributed by atoms with van der Waals surface area (Å²) in [6, 6.07) is 3.65. The SMILES string of the molecule is CC1=NC(C)SC1C(CO)n1cc(-c2cccnc2)nn1. The molecule has 0 bridgehead atoms. The number of aliphatic hydroxyl groups excluding tert-OH is 1. The summed E-state index contributed by atoms with van der Waals surface area (Å²) in [6.07, 6.45) is 5.33. The molecular weight excluding hydrogens is 286 g/mol. The predicted octanol–water partition coefficient (Wildman–Crippen LogP) is 1.80. The minimum atomic E-state index is -0.151. The van der Waals surface area contributed by atoms with E-state index in [2.05, 4.69) is 27.2 Å². The normalized spacial score (nSPS) is 23.1. The van der Waals surface area contributed by atoms with Gasteiger partial charge < -0.3 is 5.11 Å². The summed E-state index contributed by atoms with van der Waals surface area (Å²) in [5.74, 6) is 0. The van der Waals surface area contributed by atoms with Crippen molar-refractivity contribution in [3.05, 3.63) is 30.7 Å². The van der Waals surface area contributed by atoms with Crippen LogP contribution < -0.4 is 0 Å². The van der Waals surface area contributed by atoms with E-state index in [0.29, 0.717) is 0 Å². The molecule has 0 aromatic carbocycles. The van der Waals surface area contributed by atoms with E-state index in [0.717, 1.165) is 17.0 Å². The number of nitrogens with zero attached hydrogens (tertiary/aromatic N) is 5. The molecule has 0 spiro atoms. The Hall–Kier alpha value is -1.73. The van der Waals surface area contributed by atoms with Crippen LogP contribution in [0.1, 0.15) is 19.9 Å². The van der Waals surface area contributed by atoms with Crippen LogP contribution in [0.15, 0.2) is 35.7 Å². The third kappa shape index (κ3) is 2.84. The molecule has 0 radical (unpaired) electrons. The first-order valence-electron chi connectivity index (χ1n) is 6.82. The van der Waals surface area contributed by atoms with Crippen molar-refractivity contribution in [3.63, 3.8) is 0 Å². The number of hydrogen-bond donors (Lipinski definition) is 1. The maximum atomic E-state index is 9.75. The average Bonchev–Trinajstić information content (AvgIpc) is 3.09. The van der Waals surface area contributed by atoms with Crippen LogP contribution >= 0.6 is 11.8 Å². The fraction of sp³-hybridized carbons (Fsp3) is 0.429. The van der Waals surface area contributed by atoms with Gasteiger partial charge in [0.15, 0.2) is 0 Å². The summed E-state index contributed by atoms with van der Waals surface area (Å²) in [6.45, 7) is 4.07. The number of rotatable bonds is 4. The van der Waals surface area contributed by atoms with Gasteiger partial charge in [-0.15, -0.1) is 16.9 Å². The van der Waals surface area contributed by atoms with Crippen LogP contribution in [0.3, 0.4) is 0 Å². The van der Waals surface area contributed by atoms with Gasteiger partial charge in [-0.2, -0.15) is 0 Å². The Morgan fingerprint density at radius 2 is 2.33 bits per heavy atom. The van der Waals surface area contributed by atoms with Gasteiger partial charge in [-0.1, -0.05) is 5.21 Å². The molecule has 3 unspecified atom stereocenters. The van der Waals surface area contributed by atoms with E-state index in [-0.39, 0.29) is 23.3 Å². The molecule has 0 amide bonds. The van der Waals surface area contributed by atoms with Crippen molar-refractivity contribution in [2.45, 2.75) is 30.5 Å². The fourth-order valence-corrected chi connectivity index (χ4v) is 3.78. The number of thioether (sulfide) groups is 1. The van der Waals surface area contributed by atoms with Crippen molar-refractivity contribution in [2.75, 3.05) is 6.61 Å². The molecule has 3 heterocycles. The average molecular weight is 303 g/mol. The fourth-order valence-electron chi connectivity index (χ4n) is 2.47. The maximum absolute atomic E-state index is 9.75. The Balaban J connectivity index is 1.86. The molecule has 0 aliphatic carbocycles. The first-order valence-corrected chi connectivity index (χ1v) is 7.76. The minimum absolute atomic E-state index is 0.00703. The van der Waals surface area contributed by atoms with E-state index in [1.807, 2.05) is 25.3 Å². The van der Waals surface area contributed by atoms with Crippen molar-refractivity contribution in [1.82, 2.24) is 20.0 Å². The zero-order valence-electron chi connectivity index (χ0n) is 11.9. The van der Waals surface area contributed by atoms with Gasteiger partial charge in [0.25, 0.3) is 0 Å². The molecule has 3 rings (SSSR count). The van der Waals surface area contributed by atoms with E-state index in [9.17, 15) is 5.11 Å². The Morgan fingerprint density at radius 1 is 1.48 bits per heavy atom. The van der Waals surface area contributed by atoms with Crippen LogP contribution in [-0.2, 0) is 0 Å². The second-order valence-electron chi connectivity index (χ2n) is 5.00. The monoisotopic (exact) mass is 303 g/mol. The summed E-state index contributed by atoms with van der Waals surface area (Å²) < 4.78 is 1.73. The molecule has 3 atom stereocenters. The van der Waals surface area contributed by atoms with Gasteiger partial charge in [0.2, 0.25) is 0 Å². The zero-order chi connectivity index (χ0) is 14.8. The molecule has 7 heteroatoms. The highest BCUT2D eigenvalue weighted by molar-refractivity contribution is 8.01. The number of hydrogen-bond acceptors (Lipinski definition) is 6. The van der Waals surface area contributed by atoms with Crippen molar-refractivity contribution in [3.8, 4) is 11.3 Å². The Labute approximate surface area is 127 Å². The Kier molecular flexibility index (Phi) is 4.03. The molecule has 1 aliphatic heterocycles. The van der Waals surface area contributed by atoms with Crippen molar-refractivity contribution in [2.24, 2.45) is 4.99 Å². The second kappa shape index (κ2) is 5.95. The molecule has 0 saturated heterocycles. The van der Waals surface area contributed by atoms with Crippen LogP contribution in [0.25, 0.3) is 11.3 Å². The molecular formula is C14H17N5OS. The van der Waals surface area contributed by atoms with Crippen molar-refractivity contribution >= 4 is 17.5 Å². The van der Waals surface area contributed by atoms with Gasteiger partial charge in [0.1, 0.15) is 5.69 Å². The summed E-state index contributed by atoms with van der Waals surface area (Å²) in [5, 5.41) is 18.5. The van der Waals surface area contributed by atoms with Crippen LogP contribution in [0.5, 0.6) is 0 Å². The molecule has 1 N–H and O–H groups in total. The maximum Gasteiger partial charge on any atom is 0.114 e. The molecule has 2 aromatic rings. The minimum Gasteiger partial charge on any atom is -0.394 e. The molecule has 2 aromatic heterocycles. The number of pyridine rings is 1. The first kappa shape index (κ1) is 14.2. The van der Waals surface area contributed by atoms with Gasteiger partial charge in [-0.3, -0.25) is 9.98 Å². The number of aliphatic hydroxyl groups is 1. The smallest absolute Gasteiger partial charge is 0.114 e. The molecule has 0 fully saturated rings. The van der Waals surface area contributed by atoms with Crippen LogP contribution in [-0.4, -0.2) is 48.0 Å². The molecule has 0 saturated carbocycles. The summed E-state index contributed by atoms with van der Waals surface area (Å²) in [4.78, 5) is 8.61. The van der Waals surface area contributed by atoms with Gasteiger partial charge in [-0.05, 0) is 26.0 Å². The van der Waals surface area contributed by atoms with E-state index >= 15 is 0 Å². The van der Waals surface area contributed by atoms with E-state index in [1.165, 1.54) is 0 Å². The van der Waals surface area contributed by atoms with Crippen LogP contribution in [0, 0.1) is 0 Å². The first-order chi connectivity index (χ1) is 10.2. The van der Waals surface area contributed by atoms with E-state index in [1.54, 1.807) is 28.8 Å². The van der Waals surface area contributed by atoms with Gasteiger partial charge in [0.05, 0.1) is 29.5 Å². The molecule has 1 aliphatic rings. The topological polar surface area (TPSA) is 76.2 Å². The van der Waals surface area contributed by atoms with Gasteiger partial charge in [0, 0.05) is 23.7 Å². The van der Waals surface area contributed by atoms with Crippen LogP contribution in [0.4, 0.5) is 0 Å². The molecule has 21 heavy (non-hydrogen) atoms. The lowest BCUT2D eigenvalue weighted by molar-refractivity contribution is 0.223. The molecule has 110 valence electrons. The third-order valence-electron chi connectivity index (χ3n) is 3.48. The summed E-state index contributed by atoms with van der Waals surface area (Å²) in [7, 11) is 0. The highest BCUT2D eigenvalue weighted by atomic mass is 32.2. The summed E-state index contributed by atoms with van der Waals surface area (Å²) >= 11 is 1.74. The highest BCUT2D eigenvalue weighted by Gasteiger charge is 2.32. The van der Waals surface area contributed by atoms with E-state index < -0.39 is 0 Å². The second-order valence-corrected chi connectivity index (χ2v) is 6.46. The van der Waals surface area contributed by atoms with Gasteiger partial charge >= 0.3 is 0 Å². The standard InChI is InChI=1S/C14H17N5OS/c1-9-14(21-10(2)16-9)13(8-20)19-7-12(17-18-19)11-4-3-5-15-6-11/h3-7,10,13-14,20H,8H2,1-2H3. The third-order valence-corrected chi connectivity index (χ3v) is 4.93. The lowest BCUT2D eigenvalue weighted by Gasteiger charge is -2.21. The largest absolute Gasteiger partial charge is 0.394 e. The highest BCUT2D eigenvalue weighted by Crippen LogP contribution is 2.34. The Bertz CT molecular complexity index is 642. The predicted molar refractivity (Wildman–Crippen MR) is 83.3 cm³/mol. The summed E-state index contributed by atoms with van der Waals surface area (Å²) in [5.41, 5.74) is 2.72. The van der Waals surface area contributed by atoms with E-state index in [4.69, 9.17) is 0 Å². The Morgan fingerprint density at radius 3 is 2.95 bits per heavy atom. The van der Waals surface area contributed by atoms with Crippen molar-refractivity contribution in [1.29, 1.82) is 0 Å². The quantitative estimate of drug-likeness (QED) is 0.932. The lowest BCUT2D eigenvalue weighted by Crippen LogP contribution is -2.29. The van der Waals surface area contributed by atoms with Crippen molar-refractivity contribution < 1.29 is 5.11 Å². The zero-order valence-corrected chi connectivity index (χ0v) is 12.7. The van der Waals surface area contributed by atoms with Gasteiger partial charge in [-0.25, -0.2) is 4.68 Å². The number of aliphatic imine (C=N–C) groups is 1.